The van der Waals surface area contributed by atoms with Crippen LogP contribution in [-0.4, -0.2) is 15.7 Å². The largest absolute Gasteiger partial charge is 0.308 e. The average molecular weight is 372 g/mol. The molecule has 0 fully saturated rings. The Bertz CT molecular complexity index is 880. The fourth-order valence-corrected chi connectivity index (χ4v) is 2.85. The third-order valence-corrected chi connectivity index (χ3v) is 4.25. The Labute approximate surface area is 156 Å². The van der Waals surface area contributed by atoms with Crippen LogP contribution in [0.5, 0.6) is 0 Å². The molecule has 0 unspecified atom stereocenters. The lowest BCUT2D eigenvalue weighted by molar-refractivity contribution is -0.116. The van der Waals surface area contributed by atoms with E-state index in [9.17, 15) is 9.18 Å². The van der Waals surface area contributed by atoms with Gasteiger partial charge in [0, 0.05) is 18.2 Å². The van der Waals surface area contributed by atoms with Gasteiger partial charge in [0.25, 0.3) is 0 Å². The first kappa shape index (κ1) is 18.1. The molecule has 0 aliphatic rings. The lowest BCUT2D eigenvalue weighted by atomic mass is 10.1. The highest BCUT2D eigenvalue weighted by Crippen LogP contribution is 2.21. The van der Waals surface area contributed by atoms with E-state index in [-0.39, 0.29) is 18.3 Å². The number of aryl methyl sites for hydroxylation is 1. The molecule has 1 N–H and O–H groups in total. The number of aromatic nitrogens is 2. The number of benzene rings is 2. The zero-order chi connectivity index (χ0) is 18.4. The molecule has 0 aliphatic heterocycles. The Hall–Kier alpha value is -2.66. The topological polar surface area (TPSA) is 46.9 Å². The number of rotatable bonds is 7. The normalized spacial score (nSPS) is 10.7. The van der Waals surface area contributed by atoms with Crippen molar-refractivity contribution in [1.29, 1.82) is 0 Å². The van der Waals surface area contributed by atoms with Gasteiger partial charge < -0.3 is 5.32 Å². The third-order valence-electron chi connectivity index (χ3n) is 3.98. The van der Waals surface area contributed by atoms with Crippen molar-refractivity contribution in [2.24, 2.45) is 0 Å². The standard InChI is InChI=1S/C20H19ClFN3O/c21-17-14-25(13-16-10-4-5-11-18(16)22)24-20(17)23-19(26)12-6-9-15-7-2-1-3-8-15/h1-5,7-8,10-11,14H,6,9,12-13H2,(H,23,24,26). The van der Waals surface area contributed by atoms with Gasteiger partial charge in [-0.1, -0.05) is 60.1 Å². The second-order valence-corrected chi connectivity index (χ2v) is 6.41. The van der Waals surface area contributed by atoms with E-state index in [1.807, 2.05) is 30.3 Å². The summed E-state index contributed by atoms with van der Waals surface area (Å²) in [4.78, 5) is 12.1. The van der Waals surface area contributed by atoms with Crippen molar-refractivity contribution in [3.8, 4) is 0 Å². The quantitative estimate of drug-likeness (QED) is 0.655. The molecule has 3 rings (SSSR count). The van der Waals surface area contributed by atoms with E-state index < -0.39 is 0 Å². The summed E-state index contributed by atoms with van der Waals surface area (Å²) in [5, 5.41) is 7.29. The maximum atomic E-state index is 13.7. The summed E-state index contributed by atoms with van der Waals surface area (Å²) in [5.41, 5.74) is 1.71. The molecule has 0 radical (unpaired) electrons. The first-order chi connectivity index (χ1) is 12.6. The highest BCUT2D eigenvalue weighted by Gasteiger charge is 2.12. The van der Waals surface area contributed by atoms with Gasteiger partial charge in [-0.25, -0.2) is 4.39 Å². The summed E-state index contributed by atoms with van der Waals surface area (Å²) in [6.07, 6.45) is 3.53. The number of carbonyl (C=O) groups excluding carboxylic acids is 1. The number of hydrogen-bond acceptors (Lipinski definition) is 2. The van der Waals surface area contributed by atoms with E-state index in [4.69, 9.17) is 11.6 Å². The predicted molar refractivity (Wildman–Crippen MR) is 101 cm³/mol. The fourth-order valence-electron chi connectivity index (χ4n) is 2.66. The minimum absolute atomic E-state index is 0.140. The number of carbonyl (C=O) groups is 1. The maximum Gasteiger partial charge on any atom is 0.225 e. The van der Waals surface area contributed by atoms with Crippen molar-refractivity contribution in [3.05, 3.63) is 82.8 Å². The van der Waals surface area contributed by atoms with Crippen LogP contribution < -0.4 is 5.32 Å². The Balaban J connectivity index is 1.54. The molecule has 0 saturated carbocycles. The Morgan fingerprint density at radius 3 is 2.62 bits per heavy atom. The molecule has 4 nitrogen and oxygen atoms in total. The van der Waals surface area contributed by atoms with E-state index >= 15 is 0 Å². The maximum absolute atomic E-state index is 13.7. The van der Waals surface area contributed by atoms with Gasteiger partial charge in [0.15, 0.2) is 5.82 Å². The predicted octanol–water partition coefficient (Wildman–Crippen LogP) is 4.69. The molecule has 134 valence electrons. The number of anilines is 1. The highest BCUT2D eigenvalue weighted by atomic mass is 35.5. The molecular weight excluding hydrogens is 353 g/mol. The fraction of sp³-hybridized carbons (Fsp3) is 0.200. The zero-order valence-electron chi connectivity index (χ0n) is 14.2. The van der Waals surface area contributed by atoms with Gasteiger partial charge in [-0.2, -0.15) is 5.10 Å². The van der Waals surface area contributed by atoms with E-state index in [1.165, 1.54) is 16.3 Å². The Morgan fingerprint density at radius 2 is 1.85 bits per heavy atom. The molecule has 0 atom stereocenters. The second kappa shape index (κ2) is 8.63. The Kier molecular flexibility index (Phi) is 6.02. The van der Waals surface area contributed by atoms with Gasteiger partial charge in [0.05, 0.1) is 6.54 Å². The molecular formula is C20H19ClFN3O. The third kappa shape index (κ3) is 4.92. The van der Waals surface area contributed by atoms with Crippen molar-refractivity contribution in [1.82, 2.24) is 9.78 Å². The van der Waals surface area contributed by atoms with E-state index in [0.29, 0.717) is 22.8 Å². The number of nitrogens with zero attached hydrogens (tertiary/aromatic N) is 2. The van der Waals surface area contributed by atoms with Crippen molar-refractivity contribution in [2.45, 2.75) is 25.8 Å². The van der Waals surface area contributed by atoms with Gasteiger partial charge >= 0.3 is 0 Å². The summed E-state index contributed by atoms with van der Waals surface area (Å²) in [7, 11) is 0. The van der Waals surface area contributed by atoms with Gasteiger partial charge in [-0.3, -0.25) is 9.48 Å². The molecule has 2 aromatic carbocycles. The number of amides is 1. The molecule has 0 spiro atoms. The first-order valence-electron chi connectivity index (χ1n) is 8.42. The Morgan fingerprint density at radius 1 is 1.12 bits per heavy atom. The van der Waals surface area contributed by atoms with Crippen LogP contribution in [0.25, 0.3) is 0 Å². The summed E-state index contributed by atoms with van der Waals surface area (Å²) < 4.78 is 15.2. The molecule has 1 aromatic heterocycles. The SMILES string of the molecule is O=C(CCCc1ccccc1)Nc1nn(Cc2ccccc2F)cc1Cl. The summed E-state index contributed by atoms with van der Waals surface area (Å²) in [5.74, 6) is -0.141. The monoisotopic (exact) mass is 371 g/mol. The molecule has 6 heteroatoms. The van der Waals surface area contributed by atoms with Gasteiger partial charge in [-0.05, 0) is 24.5 Å². The minimum atomic E-state index is -0.300. The van der Waals surface area contributed by atoms with E-state index in [2.05, 4.69) is 10.4 Å². The summed E-state index contributed by atoms with van der Waals surface area (Å²) in [6, 6.07) is 16.5. The summed E-state index contributed by atoms with van der Waals surface area (Å²) in [6.45, 7) is 0.246. The van der Waals surface area contributed by atoms with Crippen molar-refractivity contribution in [2.75, 3.05) is 5.32 Å². The second-order valence-electron chi connectivity index (χ2n) is 6.00. The van der Waals surface area contributed by atoms with Crippen LogP contribution in [0.3, 0.4) is 0 Å². The average Bonchev–Trinajstić information content (AvgIpc) is 2.97. The highest BCUT2D eigenvalue weighted by molar-refractivity contribution is 6.33. The minimum Gasteiger partial charge on any atom is -0.308 e. The summed E-state index contributed by atoms with van der Waals surface area (Å²) >= 11 is 6.13. The van der Waals surface area contributed by atoms with E-state index in [1.54, 1.807) is 24.4 Å². The van der Waals surface area contributed by atoms with Gasteiger partial charge in [0.2, 0.25) is 5.91 Å². The molecule has 26 heavy (non-hydrogen) atoms. The number of nitrogens with one attached hydrogen (secondary N) is 1. The number of halogens is 2. The molecule has 0 aliphatic carbocycles. The molecule has 0 saturated heterocycles. The van der Waals surface area contributed by atoms with Crippen LogP contribution in [0, 0.1) is 5.82 Å². The molecule has 0 bridgehead atoms. The van der Waals surface area contributed by atoms with Crippen LogP contribution in [0.2, 0.25) is 5.02 Å². The van der Waals surface area contributed by atoms with Crippen molar-refractivity contribution >= 4 is 23.3 Å². The van der Waals surface area contributed by atoms with Crippen molar-refractivity contribution in [3.63, 3.8) is 0 Å². The van der Waals surface area contributed by atoms with Crippen LogP contribution in [0.4, 0.5) is 10.2 Å². The van der Waals surface area contributed by atoms with Crippen LogP contribution in [0.15, 0.2) is 60.8 Å². The molecule has 3 aromatic rings. The molecule has 1 heterocycles. The van der Waals surface area contributed by atoms with Crippen molar-refractivity contribution < 1.29 is 9.18 Å². The lowest BCUT2D eigenvalue weighted by Gasteiger charge is -2.04. The first-order valence-corrected chi connectivity index (χ1v) is 8.80. The molecule has 1 amide bonds. The smallest absolute Gasteiger partial charge is 0.225 e. The zero-order valence-corrected chi connectivity index (χ0v) is 14.9. The lowest BCUT2D eigenvalue weighted by Crippen LogP contribution is -2.13. The van der Waals surface area contributed by atoms with Crippen LogP contribution >= 0.6 is 11.6 Å². The van der Waals surface area contributed by atoms with Gasteiger partial charge in [0.1, 0.15) is 10.8 Å². The van der Waals surface area contributed by atoms with Gasteiger partial charge in [-0.15, -0.1) is 0 Å². The van der Waals surface area contributed by atoms with Crippen LogP contribution in [0.1, 0.15) is 24.0 Å². The van der Waals surface area contributed by atoms with Crippen LogP contribution in [-0.2, 0) is 17.8 Å². The van der Waals surface area contributed by atoms with E-state index in [0.717, 1.165) is 12.8 Å². The number of hydrogen-bond donors (Lipinski definition) is 1.